The van der Waals surface area contributed by atoms with Gasteiger partial charge in [0.1, 0.15) is 11.5 Å². The van der Waals surface area contributed by atoms with Gasteiger partial charge in [-0.3, -0.25) is 4.79 Å². The summed E-state index contributed by atoms with van der Waals surface area (Å²) < 4.78 is 22.0. The topological polar surface area (TPSA) is 103 Å². The first-order valence-corrected chi connectivity index (χ1v) is 11.9. The molecule has 166 valence electrons. The Bertz CT molecular complexity index is 1320. The molecular weight excluding hydrogens is 464 g/mol. The number of fused-ring (bicyclic) bond motifs is 1. The van der Waals surface area contributed by atoms with Crippen LogP contribution in [-0.4, -0.2) is 39.4 Å². The largest absolute Gasteiger partial charge is 0.463 e. The van der Waals surface area contributed by atoms with Crippen LogP contribution in [0, 0.1) is 0 Å². The van der Waals surface area contributed by atoms with Crippen molar-refractivity contribution >= 4 is 34.7 Å². The second-order valence-corrected chi connectivity index (χ2v) is 9.13. The number of hydrogen-bond acceptors (Lipinski definition) is 10. The van der Waals surface area contributed by atoms with Crippen molar-refractivity contribution in [3.8, 4) is 23.0 Å². The van der Waals surface area contributed by atoms with Crippen LogP contribution in [0.25, 0.3) is 11.5 Å². The third kappa shape index (κ3) is 3.89. The zero-order chi connectivity index (χ0) is 22.2. The fourth-order valence-corrected chi connectivity index (χ4v) is 5.07. The number of hydrazone groups is 1. The highest BCUT2D eigenvalue weighted by atomic mass is 32.2. The molecule has 1 atom stereocenters. The minimum absolute atomic E-state index is 0.111. The molecule has 0 aliphatic carbocycles. The van der Waals surface area contributed by atoms with Crippen LogP contribution in [0.4, 0.5) is 0 Å². The summed E-state index contributed by atoms with van der Waals surface area (Å²) in [6.07, 6.45) is 2.20. The first-order valence-electron chi connectivity index (χ1n) is 10.1. The molecule has 4 aromatic rings. The molecule has 1 unspecified atom stereocenters. The van der Waals surface area contributed by atoms with Crippen LogP contribution in [0.3, 0.4) is 0 Å². The molecule has 0 fully saturated rings. The number of rotatable bonds is 6. The maximum Gasteiger partial charge on any atom is 0.277 e. The molecule has 2 aliphatic heterocycles. The van der Waals surface area contributed by atoms with Crippen molar-refractivity contribution in [3.05, 3.63) is 64.7 Å². The van der Waals surface area contributed by atoms with Gasteiger partial charge in [0.2, 0.25) is 12.7 Å². The van der Waals surface area contributed by atoms with E-state index in [4.69, 9.17) is 18.3 Å². The Kier molecular flexibility index (Phi) is 5.11. The molecular formula is C22H16N4O5S2. The number of carbonyl (C=O) groups excluding carboxylic acids is 1. The van der Waals surface area contributed by atoms with E-state index in [-0.39, 0.29) is 24.5 Å². The molecule has 9 nitrogen and oxygen atoms in total. The van der Waals surface area contributed by atoms with Gasteiger partial charge in [0.25, 0.3) is 11.1 Å². The smallest absolute Gasteiger partial charge is 0.277 e. The monoisotopic (exact) mass is 480 g/mol. The van der Waals surface area contributed by atoms with E-state index < -0.39 is 0 Å². The molecule has 0 bridgehead atoms. The molecule has 0 spiro atoms. The third-order valence-corrected chi connectivity index (χ3v) is 6.96. The second kappa shape index (κ2) is 8.41. The van der Waals surface area contributed by atoms with Crippen LogP contribution in [0.1, 0.15) is 23.1 Å². The Hall–Kier alpha value is -3.57. The SMILES string of the molecule is O=C(CSc1nnc(-c2ccc3c(c2)OCO3)o1)N1N=C(c2ccco2)CC1c1cccs1. The second-order valence-electron chi connectivity index (χ2n) is 7.23. The molecule has 0 saturated heterocycles. The van der Waals surface area contributed by atoms with Crippen LogP contribution < -0.4 is 9.47 Å². The summed E-state index contributed by atoms with van der Waals surface area (Å²) in [5, 5.41) is 16.6. The van der Waals surface area contributed by atoms with E-state index in [1.807, 2.05) is 35.7 Å². The molecule has 2 aliphatic rings. The van der Waals surface area contributed by atoms with Crippen LogP contribution >= 0.6 is 23.1 Å². The molecule has 3 aromatic heterocycles. The van der Waals surface area contributed by atoms with Gasteiger partial charge < -0.3 is 18.3 Å². The Morgan fingerprint density at radius 1 is 1.15 bits per heavy atom. The van der Waals surface area contributed by atoms with Gasteiger partial charge in [-0.25, -0.2) is 5.01 Å². The van der Waals surface area contributed by atoms with Crippen molar-refractivity contribution in [3.63, 3.8) is 0 Å². The molecule has 6 rings (SSSR count). The van der Waals surface area contributed by atoms with E-state index in [0.717, 1.165) is 16.2 Å². The summed E-state index contributed by atoms with van der Waals surface area (Å²) in [6, 6.07) is 12.9. The van der Waals surface area contributed by atoms with Gasteiger partial charge in [-0.1, -0.05) is 17.8 Å². The number of thiophene rings is 1. The van der Waals surface area contributed by atoms with E-state index in [2.05, 4.69) is 15.3 Å². The highest BCUT2D eigenvalue weighted by molar-refractivity contribution is 7.99. The van der Waals surface area contributed by atoms with Gasteiger partial charge in [0, 0.05) is 16.9 Å². The summed E-state index contributed by atoms with van der Waals surface area (Å²) in [4.78, 5) is 14.2. The summed E-state index contributed by atoms with van der Waals surface area (Å²) in [7, 11) is 0. The van der Waals surface area contributed by atoms with E-state index in [1.54, 1.807) is 29.7 Å². The van der Waals surface area contributed by atoms with Gasteiger partial charge in [-0.05, 0) is 41.8 Å². The minimum Gasteiger partial charge on any atom is -0.463 e. The maximum atomic E-state index is 13.1. The highest BCUT2D eigenvalue weighted by Gasteiger charge is 2.34. The van der Waals surface area contributed by atoms with Gasteiger partial charge in [-0.15, -0.1) is 21.5 Å². The lowest BCUT2D eigenvalue weighted by Crippen LogP contribution is -2.28. The molecule has 33 heavy (non-hydrogen) atoms. The Morgan fingerprint density at radius 3 is 2.94 bits per heavy atom. The zero-order valence-corrected chi connectivity index (χ0v) is 18.7. The van der Waals surface area contributed by atoms with Crippen molar-refractivity contribution in [1.82, 2.24) is 15.2 Å². The zero-order valence-electron chi connectivity index (χ0n) is 17.0. The standard InChI is InChI=1S/C22H16N4O5S2/c27-20(26-15(19-4-2-8-32-19)10-14(25-26)16-3-1-7-28-16)11-33-22-24-23-21(31-22)13-5-6-17-18(9-13)30-12-29-17/h1-9,15H,10-12H2. The van der Waals surface area contributed by atoms with Gasteiger partial charge in [0.15, 0.2) is 11.5 Å². The predicted octanol–water partition coefficient (Wildman–Crippen LogP) is 4.59. The van der Waals surface area contributed by atoms with Gasteiger partial charge in [-0.2, -0.15) is 5.10 Å². The number of amides is 1. The molecule has 1 aromatic carbocycles. The van der Waals surface area contributed by atoms with Crippen molar-refractivity contribution in [2.24, 2.45) is 5.10 Å². The van der Waals surface area contributed by atoms with Gasteiger partial charge >= 0.3 is 0 Å². The Labute approximate surface area is 196 Å². The lowest BCUT2D eigenvalue weighted by molar-refractivity contribution is -0.130. The predicted molar refractivity (Wildman–Crippen MR) is 120 cm³/mol. The van der Waals surface area contributed by atoms with E-state index in [1.165, 1.54) is 16.8 Å². The van der Waals surface area contributed by atoms with Gasteiger partial charge in [0.05, 0.1) is 18.1 Å². The number of nitrogens with zero attached hydrogens (tertiary/aromatic N) is 4. The van der Waals surface area contributed by atoms with E-state index >= 15 is 0 Å². The summed E-state index contributed by atoms with van der Waals surface area (Å²) in [5.41, 5.74) is 1.47. The average molecular weight is 481 g/mol. The number of aromatic nitrogens is 2. The Morgan fingerprint density at radius 2 is 2.09 bits per heavy atom. The van der Waals surface area contributed by atoms with E-state index in [9.17, 15) is 4.79 Å². The molecule has 1 amide bonds. The summed E-state index contributed by atoms with van der Waals surface area (Å²) in [5.74, 6) is 2.29. The molecule has 0 radical (unpaired) electrons. The van der Waals surface area contributed by atoms with Crippen LogP contribution in [0.15, 0.2) is 73.3 Å². The Balaban J connectivity index is 1.17. The highest BCUT2D eigenvalue weighted by Crippen LogP contribution is 2.37. The number of furan rings is 1. The van der Waals surface area contributed by atoms with Crippen molar-refractivity contribution < 1.29 is 23.1 Å². The first kappa shape index (κ1) is 20.1. The quantitative estimate of drug-likeness (QED) is 0.369. The molecule has 0 N–H and O–H groups in total. The lowest BCUT2D eigenvalue weighted by Gasteiger charge is -2.20. The van der Waals surface area contributed by atoms with Crippen LogP contribution in [-0.2, 0) is 4.79 Å². The van der Waals surface area contributed by atoms with E-state index in [0.29, 0.717) is 34.8 Å². The molecule has 5 heterocycles. The molecule has 0 saturated carbocycles. The van der Waals surface area contributed by atoms with Crippen LogP contribution in [0.2, 0.25) is 0 Å². The summed E-state index contributed by atoms with van der Waals surface area (Å²) in [6.45, 7) is 0.193. The third-order valence-electron chi connectivity index (χ3n) is 5.19. The number of thioether (sulfide) groups is 1. The normalized spacial score (nSPS) is 16.9. The first-order chi connectivity index (χ1) is 16.2. The van der Waals surface area contributed by atoms with Crippen molar-refractivity contribution in [2.75, 3.05) is 12.5 Å². The van der Waals surface area contributed by atoms with Crippen LogP contribution in [0.5, 0.6) is 11.5 Å². The summed E-state index contributed by atoms with van der Waals surface area (Å²) >= 11 is 2.78. The lowest BCUT2D eigenvalue weighted by atomic mass is 10.1. The fraction of sp³-hybridized carbons (Fsp3) is 0.182. The van der Waals surface area contributed by atoms with Crippen molar-refractivity contribution in [2.45, 2.75) is 17.7 Å². The maximum absolute atomic E-state index is 13.1. The fourth-order valence-electron chi connectivity index (χ4n) is 3.64. The number of hydrogen-bond donors (Lipinski definition) is 0. The number of ether oxygens (including phenoxy) is 2. The minimum atomic E-state index is -0.162. The number of benzene rings is 1. The molecule has 11 heteroatoms. The van der Waals surface area contributed by atoms with Crippen molar-refractivity contribution in [1.29, 1.82) is 0 Å². The number of carbonyl (C=O) groups is 1. The average Bonchev–Trinajstić information content (AvgIpc) is 3.67.